The summed E-state index contributed by atoms with van der Waals surface area (Å²) in [6.45, 7) is 11.8. The molecule has 43 heavy (non-hydrogen) atoms. The molecular weight excluding hydrogens is 548 g/mol. The minimum absolute atomic E-state index is 0.0357. The van der Waals surface area contributed by atoms with E-state index in [1.165, 1.54) is 0 Å². The second-order valence-corrected chi connectivity index (χ2v) is 11.7. The standard InChI is InChI=1S/C33H42N4O6/c1-7-20-19(6)32(42)37-27(20)14-25-18(5)23(10-12-31(40)41)29(35-25)15-28-22(9-11-30(38)39)17(4)24(34-28)13-26-16(3)21(8-2)33(43)36-26/h15,26-27,35H,7-14H2,1-6H3,(H,36,43)(H,37,42)(H,38,39)(H,40,41)/p+1. The highest BCUT2D eigenvalue weighted by molar-refractivity contribution is 6.02. The van der Waals surface area contributed by atoms with Crippen LogP contribution in [0, 0.1) is 6.92 Å². The van der Waals surface area contributed by atoms with E-state index in [1.807, 2.05) is 47.6 Å². The van der Waals surface area contributed by atoms with E-state index in [4.69, 9.17) is 0 Å². The van der Waals surface area contributed by atoms with E-state index in [1.54, 1.807) is 0 Å². The van der Waals surface area contributed by atoms with Crippen molar-refractivity contribution in [2.45, 2.75) is 105 Å². The van der Waals surface area contributed by atoms with Gasteiger partial charge in [-0.15, -0.1) is 0 Å². The van der Waals surface area contributed by atoms with Gasteiger partial charge < -0.3 is 25.8 Å². The number of hydrogen-bond donors (Lipinski definition) is 6. The lowest BCUT2D eigenvalue weighted by atomic mass is 9.95. The molecule has 3 aliphatic heterocycles. The first-order valence-corrected chi connectivity index (χ1v) is 15.1. The predicted octanol–water partition coefficient (Wildman–Crippen LogP) is 2.78. The van der Waals surface area contributed by atoms with Gasteiger partial charge in [0.05, 0.1) is 18.5 Å². The Hall–Kier alpha value is -4.21. The minimum Gasteiger partial charge on any atom is -0.481 e. The summed E-state index contributed by atoms with van der Waals surface area (Å²) in [7, 11) is 0. The number of H-pyrrole nitrogens is 1. The van der Waals surface area contributed by atoms with E-state index >= 15 is 0 Å². The molecule has 2 unspecified atom stereocenters. The molecule has 0 saturated heterocycles. The smallest absolute Gasteiger partial charge is 0.303 e. The lowest BCUT2D eigenvalue weighted by Crippen LogP contribution is -2.69. The molecule has 10 heteroatoms. The SMILES string of the molecule is CCC1=C(C)C(CC2=[NH+]C(=Cc3[nH]c(CC4NC(=O)C(C)=C4CC)c(C)c3CCC(=O)O)C(CCC(=O)O)=C2C)NC1=O. The largest absolute Gasteiger partial charge is 0.481 e. The Morgan fingerprint density at radius 1 is 0.837 bits per heavy atom. The first-order valence-electron chi connectivity index (χ1n) is 15.1. The molecule has 6 N–H and O–H groups in total. The number of carbonyl (C=O) groups excluding carboxylic acids is 2. The minimum atomic E-state index is -0.892. The van der Waals surface area contributed by atoms with Crippen molar-refractivity contribution in [3.8, 4) is 0 Å². The van der Waals surface area contributed by atoms with Crippen LogP contribution in [0.4, 0.5) is 0 Å². The summed E-state index contributed by atoms with van der Waals surface area (Å²) < 4.78 is 0. The monoisotopic (exact) mass is 591 g/mol. The van der Waals surface area contributed by atoms with Crippen LogP contribution >= 0.6 is 0 Å². The third kappa shape index (κ3) is 6.58. The Labute approximate surface area is 252 Å². The van der Waals surface area contributed by atoms with Crippen molar-refractivity contribution in [2.24, 2.45) is 0 Å². The molecule has 3 aliphatic rings. The number of carbonyl (C=O) groups is 4. The fraction of sp³-hybridized carbons (Fsp3) is 0.485. The van der Waals surface area contributed by atoms with Gasteiger partial charge in [0.15, 0.2) is 5.71 Å². The highest BCUT2D eigenvalue weighted by Gasteiger charge is 2.35. The van der Waals surface area contributed by atoms with Gasteiger partial charge in [0.1, 0.15) is 0 Å². The van der Waals surface area contributed by atoms with Gasteiger partial charge in [0.2, 0.25) is 17.5 Å². The van der Waals surface area contributed by atoms with Crippen LogP contribution in [0.3, 0.4) is 0 Å². The van der Waals surface area contributed by atoms with Gasteiger partial charge in [-0.25, -0.2) is 4.99 Å². The van der Waals surface area contributed by atoms with E-state index in [0.29, 0.717) is 32.1 Å². The summed E-state index contributed by atoms with van der Waals surface area (Å²) in [5.41, 5.74) is 10.7. The zero-order valence-electron chi connectivity index (χ0n) is 25.9. The Morgan fingerprint density at radius 3 is 2.09 bits per heavy atom. The molecule has 2 amide bonds. The van der Waals surface area contributed by atoms with E-state index in [-0.39, 0.29) is 36.7 Å². The second kappa shape index (κ2) is 13.0. The number of hydrogen-bond acceptors (Lipinski definition) is 4. The number of aliphatic carboxylic acids is 2. The van der Waals surface area contributed by atoms with E-state index in [9.17, 15) is 29.4 Å². The van der Waals surface area contributed by atoms with E-state index < -0.39 is 11.9 Å². The summed E-state index contributed by atoms with van der Waals surface area (Å²) >= 11 is 0. The number of allylic oxidation sites excluding steroid dienone is 2. The molecule has 10 nitrogen and oxygen atoms in total. The van der Waals surface area contributed by atoms with Gasteiger partial charge in [-0.3, -0.25) is 19.2 Å². The third-order valence-electron chi connectivity index (χ3n) is 9.18. The van der Waals surface area contributed by atoms with Crippen molar-refractivity contribution in [1.29, 1.82) is 0 Å². The van der Waals surface area contributed by atoms with Crippen LogP contribution < -0.4 is 15.6 Å². The molecule has 230 valence electrons. The molecule has 1 aromatic heterocycles. The van der Waals surface area contributed by atoms with Gasteiger partial charge in [0, 0.05) is 59.0 Å². The first kappa shape index (κ1) is 31.7. The quantitative estimate of drug-likeness (QED) is 0.207. The van der Waals surface area contributed by atoms with Crippen LogP contribution in [0.2, 0.25) is 0 Å². The van der Waals surface area contributed by atoms with Crippen LogP contribution in [0.5, 0.6) is 0 Å². The van der Waals surface area contributed by atoms with Crippen molar-refractivity contribution in [3.63, 3.8) is 0 Å². The molecule has 0 aromatic carbocycles. The molecule has 0 saturated carbocycles. The lowest BCUT2D eigenvalue weighted by molar-refractivity contribution is -0.388. The number of carboxylic acid groups (broad SMARTS) is 2. The molecular formula is C33H43N4O6+. The van der Waals surface area contributed by atoms with Crippen LogP contribution in [-0.2, 0) is 32.0 Å². The van der Waals surface area contributed by atoms with Crippen LogP contribution in [0.1, 0.15) is 95.7 Å². The first-order chi connectivity index (χ1) is 20.4. The number of rotatable bonds is 13. The van der Waals surface area contributed by atoms with Gasteiger partial charge in [-0.1, -0.05) is 13.8 Å². The number of carboxylic acids is 2. The highest BCUT2D eigenvalue weighted by Crippen LogP contribution is 2.30. The Bertz CT molecular complexity index is 1530. The maximum Gasteiger partial charge on any atom is 0.303 e. The zero-order chi connectivity index (χ0) is 31.6. The summed E-state index contributed by atoms with van der Waals surface area (Å²) in [5.74, 6) is -1.89. The Kier molecular flexibility index (Phi) is 9.57. The van der Waals surface area contributed by atoms with Crippen molar-refractivity contribution in [2.75, 3.05) is 0 Å². The third-order valence-corrected chi connectivity index (χ3v) is 9.18. The second-order valence-electron chi connectivity index (χ2n) is 11.7. The Morgan fingerprint density at radius 2 is 1.49 bits per heavy atom. The molecule has 1 aromatic rings. The fourth-order valence-corrected chi connectivity index (χ4v) is 6.58. The number of amides is 2. The van der Waals surface area contributed by atoms with Crippen molar-refractivity contribution >= 4 is 35.5 Å². The molecule has 0 fully saturated rings. The van der Waals surface area contributed by atoms with Crippen LogP contribution in [0.25, 0.3) is 6.08 Å². The maximum absolute atomic E-state index is 12.5. The Balaban J connectivity index is 1.74. The zero-order valence-corrected chi connectivity index (χ0v) is 25.9. The fourth-order valence-electron chi connectivity index (χ4n) is 6.58. The average Bonchev–Trinajstić information content (AvgIpc) is 3.59. The summed E-state index contributed by atoms with van der Waals surface area (Å²) in [6, 6.07) is -0.275. The van der Waals surface area contributed by atoms with Crippen LogP contribution in [0.15, 0.2) is 39.1 Å². The van der Waals surface area contributed by atoms with E-state index in [0.717, 1.165) is 73.8 Å². The molecule has 0 spiro atoms. The van der Waals surface area contributed by atoms with E-state index in [2.05, 4.69) is 20.6 Å². The molecule has 4 rings (SSSR count). The summed E-state index contributed by atoms with van der Waals surface area (Å²) in [6.07, 6.45) is 5.05. The average molecular weight is 592 g/mol. The van der Waals surface area contributed by atoms with Gasteiger partial charge in [-0.2, -0.15) is 0 Å². The molecule has 0 aliphatic carbocycles. The molecule has 4 heterocycles. The lowest BCUT2D eigenvalue weighted by Gasteiger charge is -2.14. The van der Waals surface area contributed by atoms with Gasteiger partial charge in [-0.05, 0) is 75.7 Å². The number of aromatic amines is 1. The van der Waals surface area contributed by atoms with Crippen molar-refractivity contribution in [1.82, 2.24) is 15.6 Å². The number of nitrogens with one attached hydrogen (secondary N) is 4. The van der Waals surface area contributed by atoms with Gasteiger partial charge in [0.25, 0.3) is 0 Å². The maximum atomic E-state index is 12.5. The normalized spacial score (nSPS) is 21.3. The predicted molar refractivity (Wildman–Crippen MR) is 163 cm³/mol. The van der Waals surface area contributed by atoms with Crippen molar-refractivity contribution in [3.05, 3.63) is 61.7 Å². The molecule has 0 radical (unpaired) electrons. The van der Waals surface area contributed by atoms with Crippen molar-refractivity contribution < 1.29 is 34.4 Å². The molecule has 0 bridgehead atoms. The summed E-state index contributed by atoms with van der Waals surface area (Å²) in [5, 5.41) is 25.1. The van der Waals surface area contributed by atoms with Crippen LogP contribution in [-0.4, -0.2) is 56.7 Å². The highest BCUT2D eigenvalue weighted by atomic mass is 16.4. The topological polar surface area (TPSA) is 163 Å². The van der Waals surface area contributed by atoms with Gasteiger partial charge >= 0.3 is 11.9 Å². The summed E-state index contributed by atoms with van der Waals surface area (Å²) in [4.78, 5) is 54.9. The number of aromatic nitrogens is 1. The molecule has 2 atom stereocenters.